The normalized spacial score (nSPS) is 9.67. The lowest BCUT2D eigenvalue weighted by molar-refractivity contribution is -0.136. The van der Waals surface area contributed by atoms with Gasteiger partial charge in [-0.05, 0) is 0 Å². The number of carbonyl (C=O) groups excluding carboxylic acids is 1. The SMILES string of the molecule is [O]C(=O)C#CC(F)(F)F. The number of hydrogen-bond acceptors (Lipinski definition) is 1. The summed E-state index contributed by atoms with van der Waals surface area (Å²) in [5, 5.41) is 9.26. The topological polar surface area (TPSA) is 37.0 Å². The van der Waals surface area contributed by atoms with E-state index in [-0.39, 0.29) is 0 Å². The Hall–Kier alpha value is -1.18. The van der Waals surface area contributed by atoms with E-state index in [1.54, 1.807) is 0 Å². The van der Waals surface area contributed by atoms with Crippen LogP contribution in [-0.2, 0) is 9.90 Å². The van der Waals surface area contributed by atoms with Gasteiger partial charge in [0.2, 0.25) is 0 Å². The Morgan fingerprint density at radius 1 is 1.33 bits per heavy atom. The van der Waals surface area contributed by atoms with Crippen LogP contribution in [0.15, 0.2) is 0 Å². The van der Waals surface area contributed by atoms with Crippen LogP contribution in [0.4, 0.5) is 13.2 Å². The third-order valence-corrected chi connectivity index (χ3v) is 0.306. The maximum Gasteiger partial charge on any atom is 0.458 e. The zero-order valence-corrected chi connectivity index (χ0v) is 3.95. The molecule has 0 N–H and O–H groups in total. The van der Waals surface area contributed by atoms with Gasteiger partial charge in [0.15, 0.2) is 0 Å². The van der Waals surface area contributed by atoms with Crippen LogP contribution < -0.4 is 0 Å². The summed E-state index contributed by atoms with van der Waals surface area (Å²) >= 11 is 0. The largest absolute Gasteiger partial charge is 0.458 e. The van der Waals surface area contributed by atoms with Crippen molar-refractivity contribution in [1.29, 1.82) is 0 Å². The molecule has 0 rings (SSSR count). The molecule has 0 amide bonds. The first-order valence-corrected chi connectivity index (χ1v) is 1.73. The smallest absolute Gasteiger partial charge is 0.231 e. The van der Waals surface area contributed by atoms with E-state index < -0.39 is 12.1 Å². The predicted octanol–water partition coefficient (Wildman–Crippen LogP) is 0.509. The molecular weight excluding hydrogens is 137 g/mol. The van der Waals surface area contributed by atoms with Crippen LogP contribution in [0.25, 0.3) is 0 Å². The summed E-state index contributed by atoms with van der Waals surface area (Å²) in [7, 11) is 0. The third-order valence-electron chi connectivity index (χ3n) is 0.306. The second-order valence-electron chi connectivity index (χ2n) is 1.04. The zero-order chi connectivity index (χ0) is 7.49. The van der Waals surface area contributed by atoms with Crippen molar-refractivity contribution in [1.82, 2.24) is 0 Å². The van der Waals surface area contributed by atoms with Gasteiger partial charge in [-0.3, -0.25) is 0 Å². The van der Waals surface area contributed by atoms with E-state index in [2.05, 4.69) is 0 Å². The van der Waals surface area contributed by atoms with Gasteiger partial charge in [-0.1, -0.05) is 0 Å². The average Bonchev–Trinajstić information content (AvgIpc) is 1.59. The summed E-state index contributed by atoms with van der Waals surface area (Å²) in [6.07, 6.45) is -4.75. The molecular formula is C4F3O2. The van der Waals surface area contributed by atoms with Crippen molar-refractivity contribution in [2.24, 2.45) is 0 Å². The second-order valence-corrected chi connectivity index (χ2v) is 1.04. The Balaban J connectivity index is 4.04. The molecule has 9 heavy (non-hydrogen) atoms. The van der Waals surface area contributed by atoms with Crippen molar-refractivity contribution >= 4 is 5.97 Å². The van der Waals surface area contributed by atoms with E-state index in [4.69, 9.17) is 0 Å². The van der Waals surface area contributed by atoms with E-state index >= 15 is 0 Å². The average molecular weight is 137 g/mol. The van der Waals surface area contributed by atoms with Gasteiger partial charge >= 0.3 is 12.1 Å². The van der Waals surface area contributed by atoms with Crippen molar-refractivity contribution < 1.29 is 23.1 Å². The Morgan fingerprint density at radius 3 is 1.89 bits per heavy atom. The van der Waals surface area contributed by atoms with Gasteiger partial charge in [-0.25, -0.2) is 9.90 Å². The quantitative estimate of drug-likeness (QED) is 0.448. The van der Waals surface area contributed by atoms with E-state index in [9.17, 15) is 23.1 Å². The molecule has 0 unspecified atom stereocenters. The molecule has 0 aromatic heterocycles. The molecule has 1 radical (unpaired) electrons. The molecule has 0 fully saturated rings. The molecule has 5 heteroatoms. The molecule has 2 nitrogen and oxygen atoms in total. The summed E-state index contributed by atoms with van der Waals surface area (Å²) in [5.74, 6) is -0.710. The van der Waals surface area contributed by atoms with Crippen molar-refractivity contribution in [2.75, 3.05) is 0 Å². The maximum absolute atomic E-state index is 11.0. The molecule has 0 aromatic rings. The molecule has 0 aliphatic carbocycles. The minimum absolute atomic E-state index is 0.509. The Kier molecular flexibility index (Phi) is 2.08. The van der Waals surface area contributed by atoms with E-state index in [0.717, 1.165) is 5.92 Å². The van der Waals surface area contributed by atoms with Gasteiger partial charge in [0, 0.05) is 11.8 Å². The van der Waals surface area contributed by atoms with Crippen LogP contribution in [0.1, 0.15) is 0 Å². The van der Waals surface area contributed by atoms with E-state index in [0.29, 0.717) is 5.92 Å². The molecule has 0 aliphatic heterocycles. The fourth-order valence-electron chi connectivity index (χ4n) is 0.122. The monoisotopic (exact) mass is 137 g/mol. The minimum atomic E-state index is -4.75. The Labute approximate surface area is 48.3 Å². The first kappa shape index (κ1) is 7.82. The standard InChI is InChI=1S/C4F3O2/c5-4(6,7)2-1-3(8)9. The summed E-state index contributed by atoms with van der Waals surface area (Å²) in [6, 6.07) is 0. The first-order valence-electron chi connectivity index (χ1n) is 1.73. The lowest BCUT2D eigenvalue weighted by Gasteiger charge is -1.89. The van der Waals surface area contributed by atoms with Gasteiger partial charge in [0.05, 0.1) is 0 Å². The maximum atomic E-state index is 11.0. The fourth-order valence-corrected chi connectivity index (χ4v) is 0.122. The van der Waals surface area contributed by atoms with Crippen LogP contribution in [0.2, 0.25) is 0 Å². The molecule has 0 atom stereocenters. The number of alkyl halides is 3. The summed E-state index contributed by atoms with van der Waals surface area (Å²) in [6.45, 7) is 0. The molecule has 0 spiro atoms. The van der Waals surface area contributed by atoms with Crippen LogP contribution in [0.5, 0.6) is 0 Å². The number of hydrogen-bond donors (Lipinski definition) is 0. The van der Waals surface area contributed by atoms with Crippen LogP contribution in [0, 0.1) is 11.8 Å². The highest BCUT2D eigenvalue weighted by molar-refractivity contribution is 5.86. The molecule has 0 heterocycles. The molecule has 49 valence electrons. The van der Waals surface area contributed by atoms with Gasteiger partial charge in [0.1, 0.15) is 0 Å². The molecule has 0 saturated carbocycles. The Bertz CT molecular complexity index is 170. The van der Waals surface area contributed by atoms with Crippen LogP contribution in [0.3, 0.4) is 0 Å². The number of rotatable bonds is 0. The van der Waals surface area contributed by atoms with Gasteiger partial charge in [0.25, 0.3) is 0 Å². The molecule has 0 bridgehead atoms. The minimum Gasteiger partial charge on any atom is -0.231 e. The number of carbonyl (C=O) groups is 1. The van der Waals surface area contributed by atoms with E-state index in [1.165, 1.54) is 0 Å². The lowest BCUT2D eigenvalue weighted by Crippen LogP contribution is -2.02. The van der Waals surface area contributed by atoms with Gasteiger partial charge < -0.3 is 0 Å². The van der Waals surface area contributed by atoms with Crippen molar-refractivity contribution in [3.05, 3.63) is 0 Å². The highest BCUT2D eigenvalue weighted by Crippen LogP contribution is 2.11. The lowest BCUT2D eigenvalue weighted by atomic mass is 10.6. The summed E-state index contributed by atoms with van der Waals surface area (Å²) in [5.41, 5.74) is 0. The van der Waals surface area contributed by atoms with Crippen LogP contribution in [-0.4, -0.2) is 12.1 Å². The van der Waals surface area contributed by atoms with Crippen LogP contribution >= 0.6 is 0 Å². The highest BCUT2D eigenvalue weighted by Gasteiger charge is 2.23. The fraction of sp³-hybridized carbons (Fsp3) is 0.250. The zero-order valence-electron chi connectivity index (χ0n) is 3.95. The molecule has 0 saturated heterocycles. The van der Waals surface area contributed by atoms with Crippen molar-refractivity contribution in [3.8, 4) is 11.8 Å². The third kappa shape index (κ3) is 6.82. The van der Waals surface area contributed by atoms with Gasteiger partial charge in [-0.2, -0.15) is 13.2 Å². The van der Waals surface area contributed by atoms with Crippen molar-refractivity contribution in [3.63, 3.8) is 0 Å². The molecule has 0 aromatic carbocycles. The predicted molar refractivity (Wildman–Crippen MR) is 19.5 cm³/mol. The highest BCUT2D eigenvalue weighted by atomic mass is 19.4. The van der Waals surface area contributed by atoms with E-state index in [1.807, 2.05) is 0 Å². The van der Waals surface area contributed by atoms with Gasteiger partial charge in [-0.15, -0.1) is 0 Å². The second kappa shape index (κ2) is 2.40. The Morgan fingerprint density at radius 2 is 1.78 bits per heavy atom. The molecule has 0 aliphatic rings. The summed E-state index contributed by atoms with van der Waals surface area (Å²) in [4.78, 5) is 9.26. The summed E-state index contributed by atoms with van der Waals surface area (Å²) < 4.78 is 32.9. The first-order chi connectivity index (χ1) is 3.92. The number of halogens is 3. The van der Waals surface area contributed by atoms with Crippen molar-refractivity contribution in [2.45, 2.75) is 6.18 Å².